The first-order valence-electron chi connectivity index (χ1n) is 6.63. The topological polar surface area (TPSA) is 66.8 Å². The molecule has 5 nitrogen and oxygen atoms in total. The third-order valence-corrected chi connectivity index (χ3v) is 3.37. The van der Waals surface area contributed by atoms with Crippen molar-refractivity contribution in [3.05, 3.63) is 28.8 Å². The van der Waals surface area contributed by atoms with Crippen molar-refractivity contribution in [2.75, 3.05) is 13.6 Å². The van der Waals surface area contributed by atoms with Crippen molar-refractivity contribution in [1.29, 1.82) is 0 Å². The fraction of sp³-hybridized carbons (Fsp3) is 0.467. The molecule has 116 valence electrons. The van der Waals surface area contributed by atoms with Gasteiger partial charge in [0.25, 0.3) is 5.91 Å². The van der Waals surface area contributed by atoms with Gasteiger partial charge in [0.1, 0.15) is 5.75 Å². The molecule has 2 atom stereocenters. The largest absolute Gasteiger partial charge is 0.481 e. The zero-order chi connectivity index (χ0) is 16.2. The van der Waals surface area contributed by atoms with Crippen molar-refractivity contribution in [3.8, 4) is 5.75 Å². The van der Waals surface area contributed by atoms with Gasteiger partial charge in [0.15, 0.2) is 6.10 Å². The lowest BCUT2D eigenvalue weighted by atomic mass is 10.1. The van der Waals surface area contributed by atoms with E-state index in [2.05, 4.69) is 0 Å². The third kappa shape index (κ3) is 4.93. The van der Waals surface area contributed by atoms with Crippen molar-refractivity contribution >= 4 is 23.5 Å². The zero-order valence-corrected chi connectivity index (χ0v) is 13.3. The van der Waals surface area contributed by atoms with E-state index >= 15 is 0 Å². The first-order valence-corrected chi connectivity index (χ1v) is 7.00. The molecule has 0 aliphatic rings. The van der Waals surface area contributed by atoms with E-state index < -0.39 is 18.0 Å². The molecule has 0 aromatic heterocycles. The highest BCUT2D eigenvalue weighted by atomic mass is 35.5. The van der Waals surface area contributed by atoms with Gasteiger partial charge in [-0.05, 0) is 37.6 Å². The van der Waals surface area contributed by atoms with Gasteiger partial charge < -0.3 is 14.7 Å². The maximum absolute atomic E-state index is 12.2. The van der Waals surface area contributed by atoms with Gasteiger partial charge >= 0.3 is 5.97 Å². The van der Waals surface area contributed by atoms with Gasteiger partial charge in [0, 0.05) is 18.6 Å². The van der Waals surface area contributed by atoms with Crippen LogP contribution in [-0.4, -0.2) is 41.6 Å². The van der Waals surface area contributed by atoms with Crippen LogP contribution in [0.1, 0.15) is 19.4 Å². The summed E-state index contributed by atoms with van der Waals surface area (Å²) in [5.41, 5.74) is 0.837. The van der Waals surface area contributed by atoms with Crippen LogP contribution in [0.2, 0.25) is 5.02 Å². The van der Waals surface area contributed by atoms with Crippen molar-refractivity contribution in [3.63, 3.8) is 0 Å². The summed E-state index contributed by atoms with van der Waals surface area (Å²) in [6.07, 6.45) is -0.698. The van der Waals surface area contributed by atoms with Gasteiger partial charge in [-0.2, -0.15) is 0 Å². The van der Waals surface area contributed by atoms with Gasteiger partial charge in [-0.1, -0.05) is 18.5 Å². The van der Waals surface area contributed by atoms with E-state index in [1.165, 1.54) is 4.90 Å². The number of aliphatic carboxylic acids is 1. The number of benzene rings is 1. The fourth-order valence-electron chi connectivity index (χ4n) is 1.88. The molecule has 0 spiro atoms. The highest BCUT2D eigenvalue weighted by Crippen LogP contribution is 2.23. The van der Waals surface area contributed by atoms with E-state index in [4.69, 9.17) is 21.4 Å². The smallest absolute Gasteiger partial charge is 0.308 e. The second-order valence-electron chi connectivity index (χ2n) is 5.13. The molecule has 6 heteroatoms. The Morgan fingerprint density at radius 3 is 2.52 bits per heavy atom. The molecule has 0 radical (unpaired) electrons. The van der Waals surface area contributed by atoms with Crippen LogP contribution in [0.3, 0.4) is 0 Å². The van der Waals surface area contributed by atoms with Crippen molar-refractivity contribution < 1.29 is 19.4 Å². The summed E-state index contributed by atoms with van der Waals surface area (Å²) in [7, 11) is 1.57. The summed E-state index contributed by atoms with van der Waals surface area (Å²) in [4.78, 5) is 24.3. The summed E-state index contributed by atoms with van der Waals surface area (Å²) in [6, 6.07) is 5.16. The molecular formula is C15H20ClNO4. The minimum Gasteiger partial charge on any atom is -0.481 e. The lowest BCUT2D eigenvalue weighted by molar-refractivity contribution is -0.144. The molecule has 0 bridgehead atoms. The highest BCUT2D eigenvalue weighted by molar-refractivity contribution is 6.30. The Morgan fingerprint density at radius 1 is 1.38 bits per heavy atom. The van der Waals surface area contributed by atoms with E-state index in [9.17, 15) is 9.59 Å². The average Bonchev–Trinajstić information content (AvgIpc) is 2.40. The normalized spacial score (nSPS) is 13.4. The number of rotatable bonds is 6. The monoisotopic (exact) mass is 313 g/mol. The number of hydrogen-bond acceptors (Lipinski definition) is 3. The van der Waals surface area contributed by atoms with Gasteiger partial charge in [-0.25, -0.2) is 0 Å². The van der Waals surface area contributed by atoms with Crippen LogP contribution in [0.25, 0.3) is 0 Å². The first kappa shape index (κ1) is 17.3. The Morgan fingerprint density at radius 2 is 2.00 bits per heavy atom. The molecule has 1 amide bonds. The van der Waals surface area contributed by atoms with Gasteiger partial charge in [-0.3, -0.25) is 9.59 Å². The highest BCUT2D eigenvalue weighted by Gasteiger charge is 2.23. The van der Waals surface area contributed by atoms with E-state index in [1.807, 2.05) is 6.92 Å². The molecule has 0 aliphatic carbocycles. The number of carbonyl (C=O) groups is 2. The Hall–Kier alpha value is -1.75. The first-order chi connectivity index (χ1) is 9.72. The molecule has 0 fully saturated rings. The predicted octanol–water partition coefficient (Wildman–Crippen LogP) is 2.59. The van der Waals surface area contributed by atoms with E-state index in [1.54, 1.807) is 39.1 Å². The summed E-state index contributed by atoms with van der Waals surface area (Å²) < 4.78 is 5.63. The summed E-state index contributed by atoms with van der Waals surface area (Å²) in [5.74, 6) is -1.24. The number of carboxylic acid groups (broad SMARTS) is 1. The van der Waals surface area contributed by atoms with Crippen molar-refractivity contribution in [2.45, 2.75) is 26.9 Å². The molecule has 21 heavy (non-hydrogen) atoms. The molecule has 0 aliphatic heterocycles. The van der Waals surface area contributed by atoms with Crippen molar-refractivity contribution in [1.82, 2.24) is 4.90 Å². The van der Waals surface area contributed by atoms with Gasteiger partial charge in [-0.15, -0.1) is 0 Å². The molecule has 0 heterocycles. The number of ether oxygens (including phenoxy) is 1. The lowest BCUT2D eigenvalue weighted by Crippen LogP contribution is -2.41. The van der Waals surface area contributed by atoms with Crippen LogP contribution in [0, 0.1) is 12.8 Å². The van der Waals surface area contributed by atoms with E-state index in [0.717, 1.165) is 5.56 Å². The molecule has 1 aromatic carbocycles. The van der Waals surface area contributed by atoms with Crippen LogP contribution < -0.4 is 4.74 Å². The molecule has 1 N–H and O–H groups in total. The Bertz CT molecular complexity index is 532. The fourth-order valence-corrected chi connectivity index (χ4v) is 2.10. The zero-order valence-electron chi connectivity index (χ0n) is 12.6. The Balaban J connectivity index is 2.67. The van der Waals surface area contributed by atoms with Gasteiger partial charge in [0.05, 0.1) is 5.92 Å². The Labute approximate surface area is 129 Å². The number of carboxylic acids is 1. The lowest BCUT2D eigenvalue weighted by Gasteiger charge is -2.24. The standard InChI is InChI=1S/C15H20ClNO4/c1-9-7-12(16)5-6-13(9)21-11(3)14(18)17(4)8-10(2)15(19)20/h5-7,10-11H,8H2,1-4H3,(H,19,20). The quantitative estimate of drug-likeness (QED) is 0.876. The number of amides is 1. The molecule has 0 saturated carbocycles. The Kier molecular flexibility index (Phi) is 6.03. The molecule has 0 saturated heterocycles. The van der Waals surface area contributed by atoms with Crippen LogP contribution >= 0.6 is 11.6 Å². The van der Waals surface area contributed by atoms with Crippen LogP contribution in [-0.2, 0) is 9.59 Å². The second kappa shape index (κ2) is 7.31. The maximum atomic E-state index is 12.2. The number of carbonyl (C=O) groups excluding carboxylic acids is 1. The number of likely N-dealkylation sites (N-methyl/N-ethyl adjacent to an activating group) is 1. The summed E-state index contributed by atoms with van der Waals surface area (Å²) in [6.45, 7) is 5.18. The van der Waals surface area contributed by atoms with Crippen LogP contribution in [0.5, 0.6) is 5.75 Å². The average molecular weight is 314 g/mol. The molecule has 2 unspecified atom stereocenters. The number of halogens is 1. The molecule has 1 aromatic rings. The van der Waals surface area contributed by atoms with Crippen molar-refractivity contribution in [2.24, 2.45) is 5.92 Å². The van der Waals surface area contributed by atoms with Crippen LogP contribution in [0.15, 0.2) is 18.2 Å². The minimum absolute atomic E-state index is 0.140. The predicted molar refractivity (Wildman–Crippen MR) is 80.7 cm³/mol. The van der Waals surface area contributed by atoms with Gasteiger partial charge in [0.2, 0.25) is 0 Å². The second-order valence-corrected chi connectivity index (χ2v) is 5.56. The molecular weight excluding hydrogens is 294 g/mol. The number of hydrogen-bond donors (Lipinski definition) is 1. The minimum atomic E-state index is -0.934. The van der Waals surface area contributed by atoms with E-state index in [0.29, 0.717) is 10.8 Å². The maximum Gasteiger partial charge on any atom is 0.308 e. The third-order valence-electron chi connectivity index (χ3n) is 3.13. The number of nitrogens with zero attached hydrogens (tertiary/aromatic N) is 1. The SMILES string of the molecule is Cc1cc(Cl)ccc1OC(C)C(=O)N(C)CC(C)C(=O)O. The molecule has 1 rings (SSSR count). The summed E-state index contributed by atoms with van der Waals surface area (Å²) in [5, 5.41) is 9.47. The summed E-state index contributed by atoms with van der Waals surface area (Å²) >= 11 is 5.87. The van der Waals surface area contributed by atoms with Crippen LogP contribution in [0.4, 0.5) is 0 Å². The number of aryl methyl sites for hydroxylation is 1. The van der Waals surface area contributed by atoms with E-state index in [-0.39, 0.29) is 12.5 Å².